The van der Waals surface area contributed by atoms with E-state index in [1.54, 1.807) is 55.6 Å². The van der Waals surface area contributed by atoms with Crippen molar-refractivity contribution in [3.63, 3.8) is 0 Å². The average Bonchev–Trinajstić information content (AvgIpc) is 2.46. The highest BCUT2D eigenvalue weighted by atomic mass is 16.3. The minimum atomic E-state index is -0.213. The maximum Gasteiger partial charge on any atom is 0.251 e. The van der Waals surface area contributed by atoms with Gasteiger partial charge in [-0.3, -0.25) is 9.59 Å². The minimum absolute atomic E-state index is 0.127. The van der Waals surface area contributed by atoms with Gasteiger partial charge in [0.1, 0.15) is 5.75 Å². The summed E-state index contributed by atoms with van der Waals surface area (Å²) in [5.74, 6) is -0.296. The third kappa shape index (κ3) is 4.07. The number of carbonyl (C=O) groups is 2. The van der Waals surface area contributed by atoms with Crippen LogP contribution in [0.4, 0.5) is 5.69 Å². The molecule has 0 radical (unpaired) electrons. The Morgan fingerprint density at radius 1 is 1.10 bits per heavy atom. The summed E-state index contributed by atoms with van der Waals surface area (Å²) in [4.78, 5) is 23.5. The Bertz CT molecular complexity index is 668. The number of aromatic hydroxyl groups is 1. The summed E-state index contributed by atoms with van der Waals surface area (Å²) >= 11 is 0. The van der Waals surface area contributed by atoms with Crippen LogP contribution in [-0.2, 0) is 11.2 Å². The molecule has 2 amide bonds. The van der Waals surface area contributed by atoms with Crippen molar-refractivity contribution in [3.05, 3.63) is 59.7 Å². The summed E-state index contributed by atoms with van der Waals surface area (Å²) in [5.41, 5.74) is 1.75. The maximum absolute atomic E-state index is 12.0. The van der Waals surface area contributed by atoms with Crippen molar-refractivity contribution < 1.29 is 14.7 Å². The lowest BCUT2D eigenvalue weighted by Crippen LogP contribution is -2.19. The predicted octanol–water partition coefficient (Wildman–Crippen LogP) is 1.93. The lowest BCUT2D eigenvalue weighted by Gasteiger charge is -2.07. The molecule has 0 unspecified atom stereocenters. The molecule has 0 atom stereocenters. The first-order chi connectivity index (χ1) is 10.1. The molecule has 2 aromatic carbocycles. The number of hydrogen-bond acceptors (Lipinski definition) is 3. The van der Waals surface area contributed by atoms with Crippen LogP contribution in [0.2, 0.25) is 0 Å². The maximum atomic E-state index is 12.0. The van der Waals surface area contributed by atoms with Gasteiger partial charge in [0, 0.05) is 18.3 Å². The predicted molar refractivity (Wildman–Crippen MR) is 80.3 cm³/mol. The van der Waals surface area contributed by atoms with Gasteiger partial charge in [0.2, 0.25) is 5.91 Å². The Balaban J connectivity index is 2.04. The van der Waals surface area contributed by atoms with Crippen LogP contribution in [0.25, 0.3) is 0 Å². The molecular formula is C16H16N2O3. The molecule has 2 rings (SSSR count). The lowest BCUT2D eigenvalue weighted by atomic mass is 10.1. The number of phenols is 1. The van der Waals surface area contributed by atoms with E-state index in [4.69, 9.17) is 0 Å². The Hall–Kier alpha value is -2.82. The fourth-order valence-electron chi connectivity index (χ4n) is 1.94. The van der Waals surface area contributed by atoms with Crippen LogP contribution in [0.5, 0.6) is 5.75 Å². The molecule has 2 aromatic rings. The van der Waals surface area contributed by atoms with Gasteiger partial charge in [0.15, 0.2) is 0 Å². The normalized spacial score (nSPS) is 9.95. The number of anilines is 1. The summed E-state index contributed by atoms with van der Waals surface area (Å²) in [6, 6.07) is 13.2. The van der Waals surface area contributed by atoms with Gasteiger partial charge in [-0.2, -0.15) is 0 Å². The van der Waals surface area contributed by atoms with Gasteiger partial charge >= 0.3 is 0 Å². The summed E-state index contributed by atoms with van der Waals surface area (Å²) in [7, 11) is 1.55. The number of benzene rings is 2. The van der Waals surface area contributed by atoms with Crippen molar-refractivity contribution in [3.8, 4) is 5.75 Å². The van der Waals surface area contributed by atoms with Crippen LogP contribution < -0.4 is 10.6 Å². The number of amides is 2. The molecular weight excluding hydrogens is 268 g/mol. The van der Waals surface area contributed by atoms with Crippen molar-refractivity contribution in [2.75, 3.05) is 12.4 Å². The minimum Gasteiger partial charge on any atom is -0.508 e. The van der Waals surface area contributed by atoms with E-state index in [-0.39, 0.29) is 24.0 Å². The second-order valence-corrected chi connectivity index (χ2v) is 4.55. The highest BCUT2D eigenvalue weighted by molar-refractivity contribution is 5.97. The highest BCUT2D eigenvalue weighted by Gasteiger charge is 2.07. The zero-order chi connectivity index (χ0) is 15.2. The van der Waals surface area contributed by atoms with Crippen LogP contribution in [0.15, 0.2) is 48.5 Å². The Labute approximate surface area is 122 Å². The average molecular weight is 284 g/mol. The van der Waals surface area contributed by atoms with Gasteiger partial charge in [-0.1, -0.05) is 18.2 Å². The van der Waals surface area contributed by atoms with Gasteiger partial charge in [0.25, 0.3) is 5.91 Å². The summed E-state index contributed by atoms with van der Waals surface area (Å²) in [5, 5.41) is 14.6. The first-order valence-electron chi connectivity index (χ1n) is 6.48. The highest BCUT2D eigenvalue weighted by Crippen LogP contribution is 2.14. The quantitative estimate of drug-likeness (QED) is 0.802. The van der Waals surface area contributed by atoms with Crippen LogP contribution in [-0.4, -0.2) is 24.0 Å². The van der Waals surface area contributed by atoms with E-state index < -0.39 is 0 Å². The van der Waals surface area contributed by atoms with Gasteiger partial charge in [0.05, 0.1) is 6.42 Å². The molecule has 0 fully saturated rings. The van der Waals surface area contributed by atoms with Gasteiger partial charge in [-0.25, -0.2) is 0 Å². The largest absolute Gasteiger partial charge is 0.508 e. The molecule has 0 aliphatic rings. The van der Waals surface area contributed by atoms with E-state index in [1.165, 1.54) is 0 Å². The molecule has 0 aliphatic heterocycles. The molecule has 5 nitrogen and oxygen atoms in total. The number of rotatable bonds is 4. The fraction of sp³-hybridized carbons (Fsp3) is 0.125. The zero-order valence-electron chi connectivity index (χ0n) is 11.6. The van der Waals surface area contributed by atoms with E-state index in [0.29, 0.717) is 11.3 Å². The van der Waals surface area contributed by atoms with Gasteiger partial charge < -0.3 is 15.7 Å². The number of phenolic OH excluding ortho intramolecular Hbond substituents is 1. The molecule has 0 heterocycles. The molecule has 0 saturated heterocycles. The molecule has 0 aromatic heterocycles. The smallest absolute Gasteiger partial charge is 0.251 e. The van der Waals surface area contributed by atoms with E-state index >= 15 is 0 Å². The fourth-order valence-corrected chi connectivity index (χ4v) is 1.94. The topological polar surface area (TPSA) is 78.4 Å². The van der Waals surface area contributed by atoms with E-state index in [1.807, 2.05) is 0 Å². The van der Waals surface area contributed by atoms with Crippen molar-refractivity contribution in [2.24, 2.45) is 0 Å². The monoisotopic (exact) mass is 284 g/mol. The molecule has 0 spiro atoms. The van der Waals surface area contributed by atoms with Crippen molar-refractivity contribution in [2.45, 2.75) is 6.42 Å². The first kappa shape index (κ1) is 14.6. The van der Waals surface area contributed by atoms with Gasteiger partial charge in [-0.05, 0) is 35.9 Å². The van der Waals surface area contributed by atoms with Crippen molar-refractivity contribution in [1.82, 2.24) is 5.32 Å². The molecule has 3 N–H and O–H groups in total. The first-order valence-corrected chi connectivity index (χ1v) is 6.48. The summed E-state index contributed by atoms with van der Waals surface area (Å²) in [6.45, 7) is 0. The van der Waals surface area contributed by atoms with Gasteiger partial charge in [-0.15, -0.1) is 0 Å². The van der Waals surface area contributed by atoms with E-state index in [0.717, 1.165) is 5.56 Å². The number of nitrogens with one attached hydrogen (secondary N) is 2. The molecule has 108 valence electrons. The molecule has 0 bridgehead atoms. The Morgan fingerprint density at radius 3 is 2.57 bits per heavy atom. The number of hydrogen-bond donors (Lipinski definition) is 3. The molecule has 0 saturated carbocycles. The van der Waals surface area contributed by atoms with Crippen molar-refractivity contribution >= 4 is 17.5 Å². The Morgan fingerprint density at radius 2 is 1.86 bits per heavy atom. The van der Waals surface area contributed by atoms with Crippen LogP contribution in [0.3, 0.4) is 0 Å². The summed E-state index contributed by atoms with van der Waals surface area (Å²) < 4.78 is 0. The molecule has 5 heteroatoms. The van der Waals surface area contributed by atoms with Crippen LogP contribution in [0, 0.1) is 0 Å². The van der Waals surface area contributed by atoms with E-state index in [9.17, 15) is 14.7 Å². The lowest BCUT2D eigenvalue weighted by molar-refractivity contribution is -0.115. The Kier molecular flexibility index (Phi) is 4.56. The van der Waals surface area contributed by atoms with Crippen LogP contribution in [0.1, 0.15) is 15.9 Å². The second-order valence-electron chi connectivity index (χ2n) is 4.55. The van der Waals surface area contributed by atoms with Crippen molar-refractivity contribution in [1.29, 1.82) is 0 Å². The van der Waals surface area contributed by atoms with E-state index in [2.05, 4.69) is 10.6 Å². The number of carbonyl (C=O) groups excluding carboxylic acids is 2. The standard InChI is InChI=1S/C16H16N2O3/c1-17-16(21)12-5-3-6-13(10-12)18-15(20)9-11-4-2-7-14(19)8-11/h2-8,10,19H,9H2,1H3,(H,17,21)(H,18,20). The second kappa shape index (κ2) is 6.56. The van der Waals surface area contributed by atoms with Crippen LogP contribution >= 0.6 is 0 Å². The third-order valence-electron chi connectivity index (χ3n) is 2.91. The third-order valence-corrected chi connectivity index (χ3v) is 2.91. The zero-order valence-corrected chi connectivity index (χ0v) is 11.6. The molecule has 21 heavy (non-hydrogen) atoms. The SMILES string of the molecule is CNC(=O)c1cccc(NC(=O)Cc2cccc(O)c2)c1. The molecule has 0 aliphatic carbocycles. The summed E-state index contributed by atoms with van der Waals surface area (Å²) in [6.07, 6.45) is 0.151.